The van der Waals surface area contributed by atoms with Crippen molar-refractivity contribution in [2.45, 2.75) is 50.8 Å². The van der Waals surface area contributed by atoms with Gasteiger partial charge in [0.15, 0.2) is 0 Å². The molecule has 0 spiro atoms. The summed E-state index contributed by atoms with van der Waals surface area (Å²) in [5.41, 5.74) is 0.601. The summed E-state index contributed by atoms with van der Waals surface area (Å²) in [5, 5.41) is 23.5. The Morgan fingerprint density at radius 2 is 1.79 bits per heavy atom. The fraction of sp³-hybridized carbons (Fsp3) is 0.600. The van der Waals surface area contributed by atoms with E-state index in [0.717, 1.165) is 29.3 Å². The van der Waals surface area contributed by atoms with E-state index in [2.05, 4.69) is 5.32 Å². The van der Waals surface area contributed by atoms with Crippen LogP contribution in [0.3, 0.4) is 0 Å². The molecule has 0 aliphatic carbocycles. The summed E-state index contributed by atoms with van der Waals surface area (Å²) in [6.07, 6.45) is 4.66. The maximum absolute atomic E-state index is 12.7. The lowest BCUT2D eigenvalue weighted by molar-refractivity contribution is -0.179. The molecule has 2 heterocycles. The Labute approximate surface area is 177 Å². The molecule has 0 radical (unpaired) electrons. The number of fused-ring (bicyclic) bond motifs is 1. The summed E-state index contributed by atoms with van der Waals surface area (Å²) in [6, 6.07) is 4.15. The molecule has 1 aromatic rings. The van der Waals surface area contributed by atoms with E-state index in [9.17, 15) is 19.9 Å². The van der Waals surface area contributed by atoms with Gasteiger partial charge in [0, 0.05) is 6.54 Å². The lowest BCUT2D eigenvalue weighted by atomic mass is 10.1. The highest BCUT2D eigenvalue weighted by Gasteiger charge is 2.46. The van der Waals surface area contributed by atoms with Crippen LogP contribution in [0.4, 0.5) is 0 Å². The number of nitrogens with one attached hydrogen (secondary N) is 1. The molecule has 2 aliphatic heterocycles. The largest absolute Gasteiger partial charge is 0.494 e. The minimum absolute atomic E-state index is 0. The number of aliphatic hydroxyl groups excluding tert-OH is 1. The summed E-state index contributed by atoms with van der Waals surface area (Å²) in [6.45, 7) is 1.82. The monoisotopic (exact) mass is 427 g/mol. The Morgan fingerprint density at radius 1 is 1.10 bits per heavy atom. The summed E-state index contributed by atoms with van der Waals surface area (Å²) in [4.78, 5) is 26.4. The summed E-state index contributed by atoms with van der Waals surface area (Å²) < 4.78 is 5.75. The van der Waals surface area contributed by atoms with Crippen molar-refractivity contribution in [3.63, 3.8) is 0 Å². The molecule has 1 aromatic carbocycles. The average Bonchev–Trinajstić information content (AvgIpc) is 3.14. The van der Waals surface area contributed by atoms with Crippen molar-refractivity contribution in [2.24, 2.45) is 0 Å². The predicted molar refractivity (Wildman–Crippen MR) is 110 cm³/mol. The van der Waals surface area contributed by atoms with Crippen molar-refractivity contribution in [3.05, 3.63) is 29.3 Å². The van der Waals surface area contributed by atoms with Gasteiger partial charge in [-0.3, -0.25) is 14.5 Å². The number of hydrogen-bond donors (Lipinski definition) is 3. The summed E-state index contributed by atoms with van der Waals surface area (Å²) in [5.74, 6) is -0.325. The van der Waals surface area contributed by atoms with Crippen molar-refractivity contribution in [1.82, 2.24) is 15.3 Å². The number of amides is 2. The number of aliphatic hydroxyl groups is 1. The molecule has 3 N–H and O–H groups in total. The molecule has 2 aliphatic rings. The number of hydrogen-bond acceptors (Lipinski definition) is 7. The number of unbranched alkanes of at least 4 members (excludes halogenated alkanes) is 4. The van der Waals surface area contributed by atoms with Crippen LogP contribution >= 0.6 is 12.4 Å². The second-order valence-electron chi connectivity index (χ2n) is 7.34. The Bertz CT molecular complexity index is 717. The van der Waals surface area contributed by atoms with Gasteiger partial charge in [0.25, 0.3) is 11.8 Å². The maximum Gasteiger partial charge on any atom is 0.262 e. The SMILES string of the molecule is CNCCCCCCCOc1ccc2c(c1)C(=O)N(C1CCN(O)C1O)C2=O.Cl. The standard InChI is InChI=1S/C20H29N3O5.ClH/c1-21-10-5-3-2-4-6-12-28-14-7-8-15-16(13-14)19(25)23(18(15)24)17-9-11-22(27)20(17)26;/h7-8,13,17,20-21,26-27H,2-6,9-12H2,1H3;1H. The van der Waals surface area contributed by atoms with E-state index in [1.54, 1.807) is 18.2 Å². The highest BCUT2D eigenvalue weighted by molar-refractivity contribution is 6.21. The summed E-state index contributed by atoms with van der Waals surface area (Å²) in [7, 11) is 1.96. The first-order valence-electron chi connectivity index (χ1n) is 9.97. The molecule has 0 aromatic heterocycles. The minimum Gasteiger partial charge on any atom is -0.494 e. The van der Waals surface area contributed by atoms with Gasteiger partial charge in [-0.2, -0.15) is 5.06 Å². The Hall–Kier alpha value is -1.71. The van der Waals surface area contributed by atoms with E-state index in [4.69, 9.17) is 4.74 Å². The second kappa shape index (κ2) is 10.9. The third kappa shape index (κ3) is 5.26. The first-order valence-corrected chi connectivity index (χ1v) is 9.97. The predicted octanol–water partition coefficient (Wildman–Crippen LogP) is 2.04. The first kappa shape index (κ1) is 23.6. The van der Waals surface area contributed by atoms with Crippen molar-refractivity contribution < 1.29 is 24.6 Å². The van der Waals surface area contributed by atoms with Crippen molar-refractivity contribution in [3.8, 4) is 5.75 Å². The number of hydroxylamine groups is 2. The molecule has 29 heavy (non-hydrogen) atoms. The fourth-order valence-electron chi connectivity index (χ4n) is 3.76. The Balaban J connectivity index is 0.00000300. The van der Waals surface area contributed by atoms with Crippen LogP contribution in [0.15, 0.2) is 18.2 Å². The van der Waals surface area contributed by atoms with Gasteiger partial charge in [-0.05, 0) is 51.1 Å². The first-order chi connectivity index (χ1) is 13.5. The van der Waals surface area contributed by atoms with Gasteiger partial charge in [-0.15, -0.1) is 12.4 Å². The number of benzene rings is 1. The number of ether oxygens (including phenoxy) is 1. The van der Waals surface area contributed by atoms with Crippen LogP contribution in [0, 0.1) is 0 Å². The Morgan fingerprint density at radius 3 is 2.48 bits per heavy atom. The van der Waals surface area contributed by atoms with Crippen molar-refractivity contribution in [2.75, 3.05) is 26.7 Å². The van der Waals surface area contributed by atoms with Gasteiger partial charge in [0.1, 0.15) is 12.0 Å². The molecule has 8 nitrogen and oxygen atoms in total. The van der Waals surface area contributed by atoms with Gasteiger partial charge >= 0.3 is 0 Å². The third-order valence-electron chi connectivity index (χ3n) is 5.36. The van der Waals surface area contributed by atoms with Crippen LogP contribution in [-0.4, -0.2) is 71.1 Å². The van der Waals surface area contributed by atoms with E-state index in [1.165, 1.54) is 19.3 Å². The lowest BCUT2D eigenvalue weighted by Gasteiger charge is -2.25. The molecule has 2 atom stereocenters. The molecule has 3 rings (SSSR count). The third-order valence-corrected chi connectivity index (χ3v) is 5.36. The number of rotatable bonds is 10. The highest BCUT2D eigenvalue weighted by Crippen LogP contribution is 2.32. The second-order valence-corrected chi connectivity index (χ2v) is 7.34. The van der Waals surface area contributed by atoms with Crippen LogP contribution in [0.5, 0.6) is 5.75 Å². The molecule has 0 bridgehead atoms. The van der Waals surface area contributed by atoms with E-state index in [0.29, 0.717) is 24.3 Å². The van der Waals surface area contributed by atoms with Crippen LogP contribution in [0.2, 0.25) is 0 Å². The fourth-order valence-corrected chi connectivity index (χ4v) is 3.76. The topological polar surface area (TPSA) is 102 Å². The molecule has 2 unspecified atom stereocenters. The molecule has 1 fully saturated rings. The average molecular weight is 428 g/mol. The smallest absolute Gasteiger partial charge is 0.262 e. The lowest BCUT2D eigenvalue weighted by Crippen LogP contribution is -2.47. The van der Waals surface area contributed by atoms with Crippen LogP contribution in [0.1, 0.15) is 59.2 Å². The zero-order valence-electron chi connectivity index (χ0n) is 16.7. The van der Waals surface area contributed by atoms with Crippen LogP contribution in [0.25, 0.3) is 0 Å². The zero-order chi connectivity index (χ0) is 20.1. The molecular formula is C20H30ClN3O5. The minimum atomic E-state index is -1.26. The normalized spacial score (nSPS) is 21.4. The van der Waals surface area contributed by atoms with Gasteiger partial charge in [-0.25, -0.2) is 0 Å². The number of carbonyl (C=O) groups is 2. The number of nitrogens with zero attached hydrogens (tertiary/aromatic N) is 2. The van der Waals surface area contributed by atoms with Gasteiger partial charge in [0.2, 0.25) is 0 Å². The zero-order valence-corrected chi connectivity index (χ0v) is 17.5. The van der Waals surface area contributed by atoms with E-state index in [1.807, 2.05) is 7.05 Å². The molecule has 162 valence electrons. The molecule has 0 saturated carbocycles. The number of imide groups is 1. The molecule has 9 heteroatoms. The van der Waals surface area contributed by atoms with Gasteiger partial charge < -0.3 is 20.4 Å². The van der Waals surface area contributed by atoms with Gasteiger partial charge in [0.05, 0.1) is 23.8 Å². The van der Waals surface area contributed by atoms with Crippen molar-refractivity contribution in [1.29, 1.82) is 0 Å². The van der Waals surface area contributed by atoms with E-state index in [-0.39, 0.29) is 24.5 Å². The van der Waals surface area contributed by atoms with Crippen molar-refractivity contribution >= 4 is 24.2 Å². The van der Waals surface area contributed by atoms with E-state index >= 15 is 0 Å². The highest BCUT2D eigenvalue weighted by atomic mass is 35.5. The summed E-state index contributed by atoms with van der Waals surface area (Å²) >= 11 is 0. The molecule has 2 amide bonds. The quantitative estimate of drug-likeness (QED) is 0.388. The molecule has 1 saturated heterocycles. The number of carbonyl (C=O) groups excluding carboxylic acids is 2. The number of halogens is 1. The Kier molecular flexibility index (Phi) is 8.85. The maximum atomic E-state index is 12.7. The molecular weight excluding hydrogens is 398 g/mol. The van der Waals surface area contributed by atoms with Crippen LogP contribution < -0.4 is 10.1 Å². The van der Waals surface area contributed by atoms with Gasteiger partial charge in [-0.1, -0.05) is 19.3 Å². The van der Waals surface area contributed by atoms with Crippen LogP contribution in [-0.2, 0) is 0 Å². The van der Waals surface area contributed by atoms with E-state index < -0.39 is 24.1 Å².